The summed E-state index contributed by atoms with van der Waals surface area (Å²) in [5, 5.41) is 18.9. The standard InChI is InChI=1S/C23H31N3O3/c1-2-3-4-5-6-7-8-9-10-19-29-23-17-13-21(14-18-23)25-24-20-11-15-22(16-12-20)26(27)28/h11-18H,2-10,19H2,1H3. The van der Waals surface area contributed by atoms with Crippen LogP contribution in [0, 0.1) is 10.1 Å². The van der Waals surface area contributed by atoms with Crippen molar-refractivity contribution in [1.82, 2.24) is 0 Å². The summed E-state index contributed by atoms with van der Waals surface area (Å²) in [5.74, 6) is 0.832. The summed E-state index contributed by atoms with van der Waals surface area (Å²) >= 11 is 0. The lowest BCUT2D eigenvalue weighted by molar-refractivity contribution is -0.384. The third-order valence-corrected chi connectivity index (χ3v) is 4.69. The van der Waals surface area contributed by atoms with Crippen molar-refractivity contribution in [1.29, 1.82) is 0 Å². The van der Waals surface area contributed by atoms with Gasteiger partial charge in [-0.05, 0) is 42.8 Å². The predicted molar refractivity (Wildman–Crippen MR) is 116 cm³/mol. The SMILES string of the molecule is CCCCCCCCCCCOc1ccc(N=Nc2ccc([N+](=O)[O-])cc2)cc1. The van der Waals surface area contributed by atoms with E-state index in [1.807, 2.05) is 24.3 Å². The molecule has 6 nitrogen and oxygen atoms in total. The van der Waals surface area contributed by atoms with Crippen LogP contribution >= 0.6 is 0 Å². The Bertz CT molecular complexity index is 743. The zero-order valence-corrected chi connectivity index (χ0v) is 17.3. The van der Waals surface area contributed by atoms with E-state index in [4.69, 9.17) is 4.74 Å². The first-order valence-corrected chi connectivity index (χ1v) is 10.6. The van der Waals surface area contributed by atoms with Gasteiger partial charge in [-0.2, -0.15) is 10.2 Å². The molecule has 0 saturated carbocycles. The molecule has 0 amide bonds. The molecule has 0 atom stereocenters. The highest BCUT2D eigenvalue weighted by molar-refractivity contribution is 5.45. The lowest BCUT2D eigenvalue weighted by atomic mass is 10.1. The minimum Gasteiger partial charge on any atom is -0.494 e. The summed E-state index contributed by atoms with van der Waals surface area (Å²) in [6.07, 6.45) is 11.7. The molecule has 2 aromatic rings. The average Bonchev–Trinajstić information content (AvgIpc) is 2.74. The van der Waals surface area contributed by atoms with Gasteiger partial charge in [0.15, 0.2) is 0 Å². The number of azo groups is 1. The van der Waals surface area contributed by atoms with E-state index in [1.165, 1.54) is 63.5 Å². The fourth-order valence-electron chi connectivity index (χ4n) is 2.97. The molecule has 0 N–H and O–H groups in total. The van der Waals surface area contributed by atoms with E-state index in [1.54, 1.807) is 12.1 Å². The number of hydrogen-bond acceptors (Lipinski definition) is 5. The number of hydrogen-bond donors (Lipinski definition) is 0. The highest BCUT2D eigenvalue weighted by Gasteiger charge is 2.03. The molecule has 0 radical (unpaired) electrons. The average molecular weight is 398 g/mol. The molecule has 0 aromatic heterocycles. The first-order chi connectivity index (χ1) is 14.2. The molecule has 6 heteroatoms. The van der Waals surface area contributed by atoms with E-state index in [-0.39, 0.29) is 5.69 Å². The quantitative estimate of drug-likeness (QED) is 0.140. The molecule has 0 aliphatic heterocycles. The zero-order valence-electron chi connectivity index (χ0n) is 17.3. The van der Waals surface area contributed by atoms with Crippen LogP contribution in [-0.4, -0.2) is 11.5 Å². The normalized spacial score (nSPS) is 11.1. The van der Waals surface area contributed by atoms with Crippen molar-refractivity contribution in [2.24, 2.45) is 10.2 Å². The molecule has 0 aliphatic carbocycles. The largest absolute Gasteiger partial charge is 0.494 e. The van der Waals surface area contributed by atoms with Crippen LogP contribution in [0.4, 0.5) is 17.1 Å². The molecular weight excluding hydrogens is 366 g/mol. The lowest BCUT2D eigenvalue weighted by Crippen LogP contribution is -1.96. The summed E-state index contributed by atoms with van der Waals surface area (Å²) < 4.78 is 5.78. The number of unbranched alkanes of at least 4 members (excludes halogenated alkanes) is 8. The van der Waals surface area contributed by atoms with Gasteiger partial charge in [-0.3, -0.25) is 10.1 Å². The Hall–Kier alpha value is -2.76. The maximum Gasteiger partial charge on any atom is 0.269 e. The Balaban J connectivity index is 1.62. The second-order valence-electron chi connectivity index (χ2n) is 7.14. The topological polar surface area (TPSA) is 77.1 Å². The second-order valence-corrected chi connectivity index (χ2v) is 7.14. The highest BCUT2D eigenvalue weighted by Crippen LogP contribution is 2.23. The summed E-state index contributed by atoms with van der Waals surface area (Å²) in [4.78, 5) is 10.2. The van der Waals surface area contributed by atoms with Gasteiger partial charge in [0.2, 0.25) is 0 Å². The van der Waals surface area contributed by atoms with E-state index >= 15 is 0 Å². The maximum absolute atomic E-state index is 10.6. The van der Waals surface area contributed by atoms with Crippen molar-refractivity contribution in [3.05, 3.63) is 58.6 Å². The van der Waals surface area contributed by atoms with Crippen molar-refractivity contribution in [3.8, 4) is 5.75 Å². The van der Waals surface area contributed by atoms with Crippen LogP contribution in [0.25, 0.3) is 0 Å². The Labute approximate surface area is 173 Å². The van der Waals surface area contributed by atoms with E-state index in [2.05, 4.69) is 17.2 Å². The fraction of sp³-hybridized carbons (Fsp3) is 0.478. The number of ether oxygens (including phenoxy) is 1. The predicted octanol–water partition coefficient (Wildman–Crippen LogP) is 7.92. The van der Waals surface area contributed by atoms with E-state index in [0.717, 1.165) is 18.8 Å². The fourth-order valence-corrected chi connectivity index (χ4v) is 2.97. The lowest BCUT2D eigenvalue weighted by Gasteiger charge is -2.06. The molecule has 156 valence electrons. The number of benzene rings is 2. The Kier molecular flexibility index (Phi) is 10.4. The van der Waals surface area contributed by atoms with Crippen molar-refractivity contribution in [2.45, 2.75) is 64.7 Å². The van der Waals surface area contributed by atoms with Gasteiger partial charge in [-0.25, -0.2) is 0 Å². The van der Waals surface area contributed by atoms with Gasteiger partial charge in [0.05, 0.1) is 22.9 Å². The first kappa shape index (κ1) is 22.5. The number of rotatable bonds is 14. The first-order valence-electron chi connectivity index (χ1n) is 10.6. The van der Waals surface area contributed by atoms with Crippen LogP contribution in [0.15, 0.2) is 58.8 Å². The summed E-state index contributed by atoms with van der Waals surface area (Å²) in [5.41, 5.74) is 1.32. The van der Waals surface area contributed by atoms with Gasteiger partial charge in [0.25, 0.3) is 5.69 Å². The maximum atomic E-state index is 10.6. The van der Waals surface area contributed by atoms with Crippen LogP contribution in [0.3, 0.4) is 0 Å². The Morgan fingerprint density at radius 2 is 1.24 bits per heavy atom. The second kappa shape index (κ2) is 13.4. The third-order valence-electron chi connectivity index (χ3n) is 4.69. The molecule has 0 spiro atoms. The minimum atomic E-state index is -0.436. The summed E-state index contributed by atoms with van der Waals surface area (Å²) in [7, 11) is 0. The Morgan fingerprint density at radius 3 is 1.76 bits per heavy atom. The van der Waals surface area contributed by atoms with E-state index < -0.39 is 4.92 Å². The summed E-state index contributed by atoms with van der Waals surface area (Å²) in [6, 6.07) is 13.4. The van der Waals surface area contributed by atoms with Crippen molar-refractivity contribution < 1.29 is 9.66 Å². The monoisotopic (exact) mass is 397 g/mol. The molecule has 0 fully saturated rings. The number of nitro benzene ring substituents is 1. The van der Waals surface area contributed by atoms with Gasteiger partial charge < -0.3 is 4.74 Å². The molecule has 0 unspecified atom stereocenters. The van der Waals surface area contributed by atoms with Gasteiger partial charge in [-0.15, -0.1) is 0 Å². The molecule has 0 saturated heterocycles. The number of nitrogens with zero attached hydrogens (tertiary/aromatic N) is 3. The van der Waals surface area contributed by atoms with Crippen LogP contribution in [0.5, 0.6) is 5.75 Å². The van der Waals surface area contributed by atoms with Crippen LogP contribution in [-0.2, 0) is 0 Å². The van der Waals surface area contributed by atoms with Crippen LogP contribution < -0.4 is 4.74 Å². The zero-order chi connectivity index (χ0) is 20.7. The molecule has 0 aliphatic rings. The van der Waals surface area contributed by atoms with Gasteiger partial charge >= 0.3 is 0 Å². The van der Waals surface area contributed by atoms with E-state index in [0.29, 0.717) is 11.4 Å². The van der Waals surface area contributed by atoms with Crippen molar-refractivity contribution in [3.63, 3.8) is 0 Å². The number of nitro groups is 1. The third kappa shape index (κ3) is 9.32. The van der Waals surface area contributed by atoms with E-state index in [9.17, 15) is 10.1 Å². The van der Waals surface area contributed by atoms with Crippen LogP contribution in [0.2, 0.25) is 0 Å². The van der Waals surface area contributed by atoms with Gasteiger partial charge in [0, 0.05) is 12.1 Å². The molecule has 2 rings (SSSR count). The minimum absolute atomic E-state index is 0.0393. The highest BCUT2D eigenvalue weighted by atomic mass is 16.6. The molecule has 0 bridgehead atoms. The smallest absolute Gasteiger partial charge is 0.269 e. The molecular formula is C23H31N3O3. The molecule has 0 heterocycles. The molecule has 2 aromatic carbocycles. The summed E-state index contributed by atoms with van der Waals surface area (Å²) in [6.45, 7) is 2.99. The van der Waals surface area contributed by atoms with Gasteiger partial charge in [-0.1, -0.05) is 58.3 Å². The van der Waals surface area contributed by atoms with Crippen molar-refractivity contribution in [2.75, 3.05) is 6.61 Å². The number of non-ortho nitro benzene ring substituents is 1. The van der Waals surface area contributed by atoms with Gasteiger partial charge in [0.1, 0.15) is 5.75 Å². The van der Waals surface area contributed by atoms with Crippen LogP contribution in [0.1, 0.15) is 64.7 Å². The Morgan fingerprint density at radius 1 is 0.759 bits per heavy atom. The molecule has 29 heavy (non-hydrogen) atoms. The van der Waals surface area contributed by atoms with Crippen molar-refractivity contribution >= 4 is 17.1 Å².